The van der Waals surface area contributed by atoms with E-state index in [1.165, 1.54) is 25.0 Å². The first-order valence-corrected chi connectivity index (χ1v) is 9.96. The fourth-order valence-electron chi connectivity index (χ4n) is 4.31. The molecule has 0 radical (unpaired) electrons. The van der Waals surface area contributed by atoms with Gasteiger partial charge in [-0.1, -0.05) is 37.8 Å². The maximum Gasteiger partial charge on any atom is 0.223 e. The largest absolute Gasteiger partial charge is 0.355 e. The molecule has 3 rings (SSSR count). The third-order valence-electron chi connectivity index (χ3n) is 5.79. The number of amides is 2. The Kier molecular flexibility index (Phi) is 6.64. The van der Waals surface area contributed by atoms with Crippen molar-refractivity contribution >= 4 is 11.8 Å². The molecule has 142 valence electrons. The molecule has 2 fully saturated rings. The van der Waals surface area contributed by atoms with E-state index in [0.29, 0.717) is 12.5 Å². The molecule has 5 heteroatoms. The van der Waals surface area contributed by atoms with Crippen molar-refractivity contribution in [3.63, 3.8) is 0 Å². The standard InChI is InChI=1S/C21H29FN2O2/c22-18-11-9-16(10-12-18)20(15-5-1-2-6-15)24-19(25)13-14-23-21(26)17-7-3-4-8-17/h9-12,15,17,20H,1-8,13-14H2,(H,23,26)(H,24,25)/t20-/m0/s1. The van der Waals surface area contributed by atoms with Gasteiger partial charge in [0.25, 0.3) is 0 Å². The lowest BCUT2D eigenvalue weighted by molar-refractivity contribution is -0.125. The van der Waals surface area contributed by atoms with Gasteiger partial charge in [0.05, 0.1) is 6.04 Å². The van der Waals surface area contributed by atoms with Crippen molar-refractivity contribution < 1.29 is 14.0 Å². The number of rotatable bonds is 7. The quantitative estimate of drug-likeness (QED) is 0.775. The maximum atomic E-state index is 13.2. The van der Waals surface area contributed by atoms with Gasteiger partial charge in [-0.15, -0.1) is 0 Å². The minimum atomic E-state index is -0.264. The van der Waals surface area contributed by atoms with Crippen LogP contribution in [0.15, 0.2) is 24.3 Å². The van der Waals surface area contributed by atoms with Gasteiger partial charge in [0.2, 0.25) is 11.8 Å². The maximum absolute atomic E-state index is 13.2. The summed E-state index contributed by atoms with van der Waals surface area (Å²) in [6.07, 6.45) is 8.98. The zero-order chi connectivity index (χ0) is 18.4. The van der Waals surface area contributed by atoms with Gasteiger partial charge in [-0.05, 0) is 49.3 Å². The third kappa shape index (κ3) is 5.05. The first-order valence-electron chi connectivity index (χ1n) is 9.96. The Morgan fingerprint density at radius 2 is 1.62 bits per heavy atom. The van der Waals surface area contributed by atoms with Crippen molar-refractivity contribution in [1.29, 1.82) is 0 Å². The number of carbonyl (C=O) groups is 2. The summed E-state index contributed by atoms with van der Waals surface area (Å²) in [5.74, 6) is 0.292. The smallest absolute Gasteiger partial charge is 0.223 e. The summed E-state index contributed by atoms with van der Waals surface area (Å²) in [6.45, 7) is 0.377. The Labute approximate surface area is 154 Å². The minimum absolute atomic E-state index is 0.0575. The summed E-state index contributed by atoms with van der Waals surface area (Å²) < 4.78 is 13.2. The highest BCUT2D eigenvalue weighted by Crippen LogP contribution is 2.35. The predicted octanol–water partition coefficient (Wildman–Crippen LogP) is 3.87. The molecule has 0 saturated heterocycles. The molecule has 0 aromatic heterocycles. The lowest BCUT2D eigenvalue weighted by atomic mass is 9.91. The molecule has 1 atom stereocenters. The molecule has 1 aromatic carbocycles. The zero-order valence-electron chi connectivity index (χ0n) is 15.3. The second-order valence-corrected chi connectivity index (χ2v) is 7.66. The van der Waals surface area contributed by atoms with Crippen LogP contribution in [0.5, 0.6) is 0 Å². The number of benzene rings is 1. The molecule has 0 spiro atoms. The van der Waals surface area contributed by atoms with Gasteiger partial charge in [0.1, 0.15) is 5.82 Å². The highest BCUT2D eigenvalue weighted by atomic mass is 19.1. The van der Waals surface area contributed by atoms with Crippen LogP contribution >= 0.6 is 0 Å². The molecule has 4 nitrogen and oxygen atoms in total. The van der Waals surface area contributed by atoms with E-state index in [-0.39, 0.29) is 36.0 Å². The van der Waals surface area contributed by atoms with E-state index in [2.05, 4.69) is 10.6 Å². The van der Waals surface area contributed by atoms with E-state index in [1.54, 1.807) is 12.1 Å². The Balaban J connectivity index is 1.51. The number of halogens is 1. The Hall–Kier alpha value is -1.91. The van der Waals surface area contributed by atoms with Gasteiger partial charge in [-0.2, -0.15) is 0 Å². The van der Waals surface area contributed by atoms with Crippen LogP contribution in [-0.4, -0.2) is 18.4 Å². The molecule has 0 heterocycles. The van der Waals surface area contributed by atoms with Crippen LogP contribution in [0.3, 0.4) is 0 Å². The molecule has 2 aliphatic rings. The van der Waals surface area contributed by atoms with Crippen LogP contribution in [-0.2, 0) is 9.59 Å². The molecule has 2 saturated carbocycles. The monoisotopic (exact) mass is 360 g/mol. The van der Waals surface area contributed by atoms with E-state index in [4.69, 9.17) is 0 Å². The average molecular weight is 360 g/mol. The summed E-state index contributed by atoms with van der Waals surface area (Å²) in [5.41, 5.74) is 0.960. The molecule has 1 aromatic rings. The van der Waals surface area contributed by atoms with E-state index < -0.39 is 0 Å². The van der Waals surface area contributed by atoms with Crippen molar-refractivity contribution in [3.05, 3.63) is 35.6 Å². The van der Waals surface area contributed by atoms with Crippen LogP contribution in [0.4, 0.5) is 4.39 Å². The third-order valence-corrected chi connectivity index (χ3v) is 5.79. The Morgan fingerprint density at radius 3 is 2.27 bits per heavy atom. The summed E-state index contributed by atoms with van der Waals surface area (Å²) in [4.78, 5) is 24.4. The van der Waals surface area contributed by atoms with Gasteiger partial charge in [0, 0.05) is 18.9 Å². The molecule has 0 bridgehead atoms. The van der Waals surface area contributed by atoms with Gasteiger partial charge in [-0.25, -0.2) is 4.39 Å². The number of hydrogen-bond acceptors (Lipinski definition) is 2. The number of hydrogen-bond donors (Lipinski definition) is 2. The topological polar surface area (TPSA) is 58.2 Å². The van der Waals surface area contributed by atoms with Crippen molar-refractivity contribution in [2.75, 3.05) is 6.54 Å². The van der Waals surface area contributed by atoms with Crippen LogP contribution in [0, 0.1) is 17.7 Å². The van der Waals surface area contributed by atoms with Crippen LogP contribution in [0.1, 0.15) is 69.4 Å². The molecule has 0 unspecified atom stereocenters. The van der Waals surface area contributed by atoms with E-state index in [1.807, 2.05) is 0 Å². The summed E-state index contributed by atoms with van der Waals surface area (Å²) >= 11 is 0. The van der Waals surface area contributed by atoms with Gasteiger partial charge in [-0.3, -0.25) is 9.59 Å². The van der Waals surface area contributed by atoms with E-state index >= 15 is 0 Å². The highest BCUT2D eigenvalue weighted by Gasteiger charge is 2.28. The lowest BCUT2D eigenvalue weighted by Gasteiger charge is -2.25. The minimum Gasteiger partial charge on any atom is -0.355 e. The lowest BCUT2D eigenvalue weighted by Crippen LogP contribution is -2.36. The molecular formula is C21H29FN2O2. The first-order chi connectivity index (χ1) is 12.6. The first kappa shape index (κ1) is 18.9. The second-order valence-electron chi connectivity index (χ2n) is 7.66. The van der Waals surface area contributed by atoms with Crippen LogP contribution in [0.25, 0.3) is 0 Å². The molecule has 2 amide bonds. The van der Waals surface area contributed by atoms with Crippen LogP contribution < -0.4 is 10.6 Å². The fraction of sp³-hybridized carbons (Fsp3) is 0.619. The predicted molar refractivity (Wildman–Crippen MR) is 98.8 cm³/mol. The molecule has 0 aliphatic heterocycles. The Morgan fingerprint density at radius 1 is 1.00 bits per heavy atom. The molecular weight excluding hydrogens is 331 g/mol. The molecule has 26 heavy (non-hydrogen) atoms. The van der Waals surface area contributed by atoms with Crippen molar-refractivity contribution in [3.8, 4) is 0 Å². The summed E-state index contributed by atoms with van der Waals surface area (Å²) in [6, 6.07) is 6.36. The van der Waals surface area contributed by atoms with Gasteiger partial charge < -0.3 is 10.6 Å². The van der Waals surface area contributed by atoms with Crippen LogP contribution in [0.2, 0.25) is 0 Å². The van der Waals surface area contributed by atoms with Crippen molar-refractivity contribution in [1.82, 2.24) is 10.6 Å². The second kappa shape index (κ2) is 9.15. The van der Waals surface area contributed by atoms with Crippen molar-refractivity contribution in [2.24, 2.45) is 11.8 Å². The number of nitrogens with one attached hydrogen (secondary N) is 2. The molecule has 2 aliphatic carbocycles. The van der Waals surface area contributed by atoms with Gasteiger partial charge in [0.15, 0.2) is 0 Å². The SMILES string of the molecule is O=C(CCNC(=O)C1CCCC1)N[C@H](c1ccc(F)cc1)C1CCCC1. The average Bonchev–Trinajstić information content (AvgIpc) is 3.34. The zero-order valence-corrected chi connectivity index (χ0v) is 15.3. The van der Waals surface area contributed by atoms with Gasteiger partial charge >= 0.3 is 0 Å². The fourth-order valence-corrected chi connectivity index (χ4v) is 4.31. The highest BCUT2D eigenvalue weighted by molar-refractivity contribution is 5.80. The summed E-state index contributed by atoms with van der Waals surface area (Å²) in [5, 5.41) is 6.02. The van der Waals surface area contributed by atoms with Crippen molar-refractivity contribution in [2.45, 2.75) is 63.8 Å². The van der Waals surface area contributed by atoms with E-state index in [0.717, 1.165) is 44.1 Å². The normalized spacial score (nSPS) is 19.4. The Bertz CT molecular complexity index is 605. The molecule has 2 N–H and O–H groups in total. The van der Waals surface area contributed by atoms with E-state index in [9.17, 15) is 14.0 Å². The number of carbonyl (C=O) groups excluding carboxylic acids is 2. The summed E-state index contributed by atoms with van der Waals surface area (Å²) in [7, 11) is 0.